The molecule has 0 aliphatic heterocycles. The summed E-state index contributed by atoms with van der Waals surface area (Å²) in [5.41, 5.74) is 0. The third-order valence-corrected chi connectivity index (χ3v) is 3.54. The Morgan fingerprint density at radius 1 is 1.55 bits per heavy atom. The van der Waals surface area contributed by atoms with Crippen LogP contribution in [0.2, 0.25) is 4.34 Å². The van der Waals surface area contributed by atoms with Gasteiger partial charge in [0.05, 0.1) is 9.71 Å². The Balaban J connectivity index is 2.76. The average Bonchev–Trinajstić information content (AvgIpc) is 2.34. The zero-order valence-electron chi connectivity index (χ0n) is 6.41. The van der Waals surface area contributed by atoms with Gasteiger partial charge in [-0.3, -0.25) is 4.90 Å². The maximum atomic E-state index is 5.78. The van der Waals surface area contributed by atoms with Gasteiger partial charge in [0.2, 0.25) is 0 Å². The van der Waals surface area contributed by atoms with Crippen LogP contribution in [0.1, 0.15) is 10.3 Å². The molecule has 0 aliphatic rings. The fourth-order valence-electron chi connectivity index (χ4n) is 0.722. The molecule has 1 aromatic heterocycles. The third-order valence-electron chi connectivity index (χ3n) is 1.34. The molecule has 1 heterocycles. The van der Waals surface area contributed by atoms with Gasteiger partial charge in [-0.2, -0.15) is 12.6 Å². The van der Waals surface area contributed by atoms with Crippen molar-refractivity contribution in [3.8, 4) is 0 Å². The number of rotatable bonds is 2. The largest absolute Gasteiger partial charge is 0.293 e. The van der Waals surface area contributed by atoms with Crippen molar-refractivity contribution in [2.45, 2.75) is 5.37 Å². The quantitative estimate of drug-likeness (QED) is 0.577. The molecule has 1 rings (SSSR count). The lowest BCUT2D eigenvalue weighted by Crippen LogP contribution is -2.13. The number of halogens is 1. The summed E-state index contributed by atoms with van der Waals surface area (Å²) in [6, 6.07) is 3.90. The van der Waals surface area contributed by atoms with Crippen molar-refractivity contribution < 1.29 is 0 Å². The number of thiol groups is 1. The summed E-state index contributed by atoms with van der Waals surface area (Å²) in [7, 11) is 3.98. The minimum atomic E-state index is 0.160. The summed E-state index contributed by atoms with van der Waals surface area (Å²) in [5, 5.41) is 0.160. The number of hydrogen-bond donors (Lipinski definition) is 1. The summed E-state index contributed by atoms with van der Waals surface area (Å²) in [6.07, 6.45) is 0. The maximum absolute atomic E-state index is 5.78. The molecule has 1 atom stereocenters. The van der Waals surface area contributed by atoms with E-state index in [0.717, 1.165) is 4.34 Å². The lowest BCUT2D eigenvalue weighted by Gasteiger charge is -2.16. The predicted molar refractivity (Wildman–Crippen MR) is 54.7 cm³/mol. The Bertz CT molecular complexity index is 234. The van der Waals surface area contributed by atoms with Crippen LogP contribution in [0.25, 0.3) is 0 Å². The Morgan fingerprint density at radius 3 is 2.55 bits per heavy atom. The first-order valence-electron chi connectivity index (χ1n) is 3.21. The Hall–Kier alpha value is 0.300. The maximum Gasteiger partial charge on any atom is 0.0932 e. The van der Waals surface area contributed by atoms with E-state index in [1.54, 1.807) is 11.3 Å². The lowest BCUT2D eigenvalue weighted by molar-refractivity contribution is 0.397. The molecule has 0 N–H and O–H groups in total. The van der Waals surface area contributed by atoms with Crippen LogP contribution in [-0.2, 0) is 0 Å². The number of thiophene rings is 1. The molecule has 1 nitrogen and oxygen atoms in total. The van der Waals surface area contributed by atoms with E-state index in [1.165, 1.54) is 4.88 Å². The Kier molecular flexibility index (Phi) is 3.25. The van der Waals surface area contributed by atoms with Gasteiger partial charge in [0.25, 0.3) is 0 Å². The van der Waals surface area contributed by atoms with Crippen molar-refractivity contribution in [1.29, 1.82) is 0 Å². The van der Waals surface area contributed by atoms with E-state index < -0.39 is 0 Å². The van der Waals surface area contributed by atoms with Crippen molar-refractivity contribution in [2.24, 2.45) is 0 Å². The van der Waals surface area contributed by atoms with Gasteiger partial charge in [-0.1, -0.05) is 11.6 Å². The van der Waals surface area contributed by atoms with Crippen LogP contribution < -0.4 is 0 Å². The molecule has 4 heteroatoms. The van der Waals surface area contributed by atoms with Gasteiger partial charge in [-0.15, -0.1) is 11.3 Å². The zero-order chi connectivity index (χ0) is 8.43. The van der Waals surface area contributed by atoms with Crippen LogP contribution in [-0.4, -0.2) is 19.0 Å². The highest BCUT2D eigenvalue weighted by Gasteiger charge is 2.10. The smallest absolute Gasteiger partial charge is 0.0932 e. The molecule has 0 fully saturated rings. The van der Waals surface area contributed by atoms with Crippen molar-refractivity contribution in [1.82, 2.24) is 4.90 Å². The van der Waals surface area contributed by atoms with E-state index in [-0.39, 0.29) is 5.37 Å². The van der Waals surface area contributed by atoms with E-state index in [2.05, 4.69) is 12.6 Å². The second kappa shape index (κ2) is 3.81. The zero-order valence-corrected chi connectivity index (χ0v) is 8.88. The van der Waals surface area contributed by atoms with Gasteiger partial charge in [0, 0.05) is 4.88 Å². The van der Waals surface area contributed by atoms with E-state index in [1.807, 2.05) is 31.1 Å². The van der Waals surface area contributed by atoms with Gasteiger partial charge >= 0.3 is 0 Å². The summed E-state index contributed by atoms with van der Waals surface area (Å²) < 4.78 is 0.820. The SMILES string of the molecule is CN(C)C(S)c1ccc(Cl)s1. The van der Waals surface area contributed by atoms with Crippen molar-refractivity contribution in [3.63, 3.8) is 0 Å². The fraction of sp³-hybridized carbons (Fsp3) is 0.429. The summed E-state index contributed by atoms with van der Waals surface area (Å²) in [5.74, 6) is 0. The molecular weight excluding hydrogens is 198 g/mol. The first-order valence-corrected chi connectivity index (χ1v) is 4.92. The van der Waals surface area contributed by atoms with Gasteiger partial charge < -0.3 is 0 Å². The minimum Gasteiger partial charge on any atom is -0.293 e. The van der Waals surface area contributed by atoms with E-state index >= 15 is 0 Å². The highest BCUT2D eigenvalue weighted by Crippen LogP contribution is 2.31. The minimum absolute atomic E-state index is 0.160. The van der Waals surface area contributed by atoms with Gasteiger partial charge in [0.15, 0.2) is 0 Å². The highest BCUT2D eigenvalue weighted by atomic mass is 35.5. The third kappa shape index (κ3) is 2.37. The molecule has 0 saturated carbocycles. The molecule has 0 aliphatic carbocycles. The van der Waals surface area contributed by atoms with Crippen LogP contribution in [0.15, 0.2) is 12.1 Å². The topological polar surface area (TPSA) is 3.24 Å². The summed E-state index contributed by atoms with van der Waals surface area (Å²) in [4.78, 5) is 3.22. The molecule has 0 aromatic carbocycles. The van der Waals surface area contributed by atoms with Crippen LogP contribution in [0.4, 0.5) is 0 Å². The summed E-state index contributed by atoms with van der Waals surface area (Å²) in [6.45, 7) is 0. The molecule has 62 valence electrons. The number of nitrogens with zero attached hydrogens (tertiary/aromatic N) is 1. The van der Waals surface area contributed by atoms with Crippen LogP contribution in [0.3, 0.4) is 0 Å². The van der Waals surface area contributed by atoms with Gasteiger partial charge in [0.1, 0.15) is 0 Å². The monoisotopic (exact) mass is 207 g/mol. The van der Waals surface area contributed by atoms with Gasteiger partial charge in [-0.05, 0) is 26.2 Å². The van der Waals surface area contributed by atoms with Crippen molar-refractivity contribution in [2.75, 3.05) is 14.1 Å². The predicted octanol–water partition coefficient (Wildman–Crippen LogP) is 2.89. The Morgan fingerprint density at radius 2 is 2.18 bits per heavy atom. The highest BCUT2D eigenvalue weighted by molar-refractivity contribution is 7.80. The molecule has 11 heavy (non-hydrogen) atoms. The molecule has 1 unspecified atom stereocenters. The first-order chi connectivity index (χ1) is 5.11. The molecule has 0 saturated heterocycles. The van der Waals surface area contributed by atoms with Gasteiger partial charge in [-0.25, -0.2) is 0 Å². The first kappa shape index (κ1) is 9.39. The average molecular weight is 208 g/mol. The Labute approximate surface area is 81.4 Å². The summed E-state index contributed by atoms with van der Waals surface area (Å²) >= 11 is 11.8. The standard InChI is InChI=1S/C7H10ClNS2/c1-9(2)7(10)5-3-4-6(8)11-5/h3-4,7,10H,1-2H3. The van der Waals surface area contributed by atoms with E-state index in [9.17, 15) is 0 Å². The fourth-order valence-corrected chi connectivity index (χ4v) is 2.11. The van der Waals surface area contributed by atoms with E-state index in [0.29, 0.717) is 0 Å². The van der Waals surface area contributed by atoms with E-state index in [4.69, 9.17) is 11.6 Å². The van der Waals surface area contributed by atoms with Crippen LogP contribution in [0, 0.1) is 0 Å². The molecule has 0 spiro atoms. The van der Waals surface area contributed by atoms with Crippen LogP contribution in [0.5, 0.6) is 0 Å². The van der Waals surface area contributed by atoms with Crippen molar-refractivity contribution in [3.05, 3.63) is 21.3 Å². The normalized spacial score (nSPS) is 13.9. The molecule has 0 radical (unpaired) electrons. The molecule has 1 aromatic rings. The van der Waals surface area contributed by atoms with Crippen molar-refractivity contribution >= 4 is 35.6 Å². The molecular formula is C7H10ClNS2. The second-order valence-corrected chi connectivity index (χ2v) is 4.71. The second-order valence-electron chi connectivity index (χ2n) is 2.48. The molecule has 0 bridgehead atoms. The molecule has 0 amide bonds. The van der Waals surface area contributed by atoms with Crippen LogP contribution >= 0.6 is 35.6 Å². The lowest BCUT2D eigenvalue weighted by atomic mass is 10.4. The number of hydrogen-bond acceptors (Lipinski definition) is 3.